The molecule has 4 aromatic rings. The van der Waals surface area contributed by atoms with Crippen LogP contribution in [-0.2, 0) is 5.41 Å². The van der Waals surface area contributed by atoms with Crippen molar-refractivity contribution in [2.75, 3.05) is 4.90 Å². The van der Waals surface area contributed by atoms with Crippen LogP contribution in [0.4, 0.5) is 10.5 Å². The van der Waals surface area contributed by atoms with Crippen molar-refractivity contribution in [3.8, 4) is 5.75 Å². The highest BCUT2D eigenvalue weighted by Gasteiger charge is 2.63. The van der Waals surface area contributed by atoms with Crippen molar-refractivity contribution in [1.82, 2.24) is 5.01 Å². The summed E-state index contributed by atoms with van der Waals surface area (Å²) in [5.41, 5.74) is 6.19. The molecule has 41 heavy (non-hydrogen) atoms. The van der Waals surface area contributed by atoms with Crippen LogP contribution in [0.15, 0.2) is 119 Å². The Hall–Kier alpha value is -4.29. The van der Waals surface area contributed by atoms with Crippen molar-refractivity contribution in [3.63, 3.8) is 0 Å². The van der Waals surface area contributed by atoms with Crippen molar-refractivity contribution in [2.24, 2.45) is 5.10 Å². The van der Waals surface area contributed by atoms with Crippen molar-refractivity contribution >= 4 is 34.5 Å². The molecule has 0 radical (unpaired) electrons. The van der Waals surface area contributed by atoms with Crippen molar-refractivity contribution in [1.29, 1.82) is 0 Å². The van der Waals surface area contributed by atoms with Crippen molar-refractivity contribution < 1.29 is 9.53 Å². The van der Waals surface area contributed by atoms with Crippen molar-refractivity contribution in [3.05, 3.63) is 136 Å². The third kappa shape index (κ3) is 4.25. The van der Waals surface area contributed by atoms with Crippen LogP contribution in [0.2, 0.25) is 0 Å². The average Bonchev–Trinajstić information content (AvgIpc) is 3.55. The number of carbonyl (C=O) groups is 1. The highest BCUT2D eigenvalue weighted by Crippen LogP contribution is 2.57. The Morgan fingerprint density at radius 3 is 2.24 bits per heavy atom. The van der Waals surface area contributed by atoms with Gasteiger partial charge in [0.25, 0.3) is 5.24 Å². The number of nitrogens with zero attached hydrogens (tertiary/aromatic N) is 3. The number of hydrogen-bond donors (Lipinski definition) is 0. The van der Waals surface area contributed by atoms with Crippen LogP contribution in [0, 0.1) is 0 Å². The van der Waals surface area contributed by atoms with Crippen molar-refractivity contribution in [2.45, 2.75) is 44.5 Å². The average molecular weight is 558 g/mol. The van der Waals surface area contributed by atoms with Gasteiger partial charge in [-0.1, -0.05) is 112 Å². The summed E-state index contributed by atoms with van der Waals surface area (Å²) in [7, 11) is 0. The summed E-state index contributed by atoms with van der Waals surface area (Å²) in [4.78, 5) is 16.5. The van der Waals surface area contributed by atoms with Crippen LogP contribution in [0.3, 0.4) is 0 Å². The fourth-order valence-corrected chi connectivity index (χ4v) is 6.91. The molecule has 6 heteroatoms. The monoisotopic (exact) mass is 557 g/mol. The van der Waals surface area contributed by atoms with Gasteiger partial charge in [-0.25, -0.2) is 9.91 Å². The van der Waals surface area contributed by atoms with Crippen LogP contribution in [0.25, 0.3) is 6.08 Å². The summed E-state index contributed by atoms with van der Waals surface area (Å²) in [6, 6.07) is 36.6. The largest absolute Gasteiger partial charge is 0.443 e. The lowest BCUT2D eigenvalue weighted by molar-refractivity contribution is -0.0763. The van der Waals surface area contributed by atoms with E-state index in [1.165, 1.54) is 17.3 Å². The molecule has 0 aromatic heterocycles. The first-order valence-corrected chi connectivity index (χ1v) is 14.8. The van der Waals surface area contributed by atoms with Crippen LogP contribution in [0.1, 0.15) is 55.5 Å². The molecule has 3 aliphatic rings. The Bertz CT molecular complexity index is 1680. The molecule has 1 saturated heterocycles. The Morgan fingerprint density at radius 2 is 1.54 bits per heavy atom. The highest BCUT2D eigenvalue weighted by atomic mass is 32.2. The zero-order chi connectivity index (χ0) is 28.2. The number of para-hydroxylation sites is 2. The topological polar surface area (TPSA) is 45.1 Å². The van der Waals surface area contributed by atoms with Gasteiger partial charge in [0.2, 0.25) is 0 Å². The normalized spacial score (nSPS) is 22.5. The maximum Gasteiger partial charge on any atom is 0.321 e. The lowest BCUT2D eigenvalue weighted by atomic mass is 9.86. The second-order valence-electron chi connectivity index (χ2n) is 11.6. The predicted octanol–water partition coefficient (Wildman–Crippen LogP) is 8.60. The van der Waals surface area contributed by atoms with E-state index in [9.17, 15) is 4.79 Å². The van der Waals surface area contributed by atoms with E-state index < -0.39 is 5.85 Å². The number of amides is 1. The lowest BCUT2D eigenvalue weighted by Crippen LogP contribution is -2.63. The Balaban J connectivity index is 1.45. The summed E-state index contributed by atoms with van der Waals surface area (Å²) >= 11 is 1.21. The number of carbonyl (C=O) groups excluding carboxylic acids is 1. The molecule has 2 atom stereocenters. The Labute approximate surface area is 245 Å². The van der Waals surface area contributed by atoms with Gasteiger partial charge in [0, 0.05) is 12.0 Å². The molecule has 1 spiro atoms. The fraction of sp³-hybridized carbons (Fsp3) is 0.200. The molecular weight excluding hydrogens is 526 g/mol. The first kappa shape index (κ1) is 25.7. The summed E-state index contributed by atoms with van der Waals surface area (Å²) < 4.78 is 7.01. The number of ether oxygens (including phenoxy) is 1. The summed E-state index contributed by atoms with van der Waals surface area (Å²) in [5, 5.41) is 7.16. The minimum Gasteiger partial charge on any atom is -0.443 e. The number of anilines is 1. The molecule has 0 saturated carbocycles. The van der Waals surface area contributed by atoms with Gasteiger partial charge in [-0.3, -0.25) is 4.79 Å². The number of fused-ring (bicyclic) bond motifs is 4. The quantitative estimate of drug-likeness (QED) is 0.253. The number of rotatable bonds is 3. The Morgan fingerprint density at radius 1 is 0.878 bits per heavy atom. The second kappa shape index (κ2) is 9.67. The molecule has 5 nitrogen and oxygen atoms in total. The first-order valence-electron chi connectivity index (χ1n) is 13.9. The maximum absolute atomic E-state index is 14.0. The molecule has 3 heterocycles. The van der Waals surface area contributed by atoms with Gasteiger partial charge in [0.05, 0.1) is 22.3 Å². The minimum absolute atomic E-state index is 0.0522. The zero-order valence-electron chi connectivity index (χ0n) is 23.3. The van der Waals surface area contributed by atoms with E-state index >= 15 is 0 Å². The molecule has 0 aliphatic carbocycles. The highest BCUT2D eigenvalue weighted by molar-refractivity contribution is 8.17. The van der Waals surface area contributed by atoms with Gasteiger partial charge in [0.15, 0.2) is 0 Å². The summed E-state index contributed by atoms with van der Waals surface area (Å²) in [6.45, 7) is 6.63. The SMILES string of the molecule is CC(C)(C)c1ccc(/C=C2\SC(=O)N(c3ccccc3)C23Oc2ccccc2C2CC(c4ccccc4)=NN23)cc1. The first-order chi connectivity index (χ1) is 19.8. The van der Waals surface area contributed by atoms with Gasteiger partial charge in [0.1, 0.15) is 5.75 Å². The molecule has 7 rings (SSSR count). The summed E-state index contributed by atoms with van der Waals surface area (Å²) in [5.74, 6) is -0.509. The standard InChI is InChI=1S/C35H31N3O2S/c1-34(2,3)26-20-18-24(19-21-26)22-32-35(37(33(39)41-32)27-14-8-5-9-15-27)38-30(28-16-10-11-17-31(28)40-35)23-29(36-38)25-12-6-4-7-13-25/h4-22,30H,23H2,1-3H3/b32-22-. The van der Waals surface area contributed by atoms with Gasteiger partial charge in [-0.05, 0) is 58.1 Å². The molecule has 3 aliphatic heterocycles. The second-order valence-corrected chi connectivity index (χ2v) is 12.6. The lowest BCUT2D eigenvalue weighted by Gasteiger charge is -2.49. The van der Waals surface area contributed by atoms with E-state index in [0.29, 0.717) is 6.42 Å². The van der Waals surface area contributed by atoms with E-state index in [1.54, 1.807) is 4.90 Å². The predicted molar refractivity (Wildman–Crippen MR) is 167 cm³/mol. The van der Waals surface area contributed by atoms with E-state index in [2.05, 4.69) is 69.3 Å². The molecule has 0 N–H and O–H groups in total. The van der Waals surface area contributed by atoms with E-state index in [0.717, 1.165) is 38.7 Å². The van der Waals surface area contributed by atoms with Gasteiger partial charge < -0.3 is 4.74 Å². The minimum atomic E-state index is -1.28. The number of thioether (sulfide) groups is 1. The number of hydrogen-bond acceptors (Lipinski definition) is 5. The summed E-state index contributed by atoms with van der Waals surface area (Å²) in [6.07, 6.45) is 2.79. The maximum atomic E-state index is 14.0. The van der Waals surface area contributed by atoms with Crippen LogP contribution in [-0.4, -0.2) is 21.8 Å². The van der Waals surface area contributed by atoms with Gasteiger partial charge in [-0.15, -0.1) is 0 Å². The zero-order valence-corrected chi connectivity index (χ0v) is 24.1. The third-order valence-electron chi connectivity index (χ3n) is 7.95. The smallest absolute Gasteiger partial charge is 0.321 e. The van der Waals surface area contributed by atoms with Gasteiger partial charge in [-0.2, -0.15) is 5.10 Å². The molecule has 4 aromatic carbocycles. The van der Waals surface area contributed by atoms with E-state index in [-0.39, 0.29) is 16.7 Å². The van der Waals surface area contributed by atoms with Gasteiger partial charge >= 0.3 is 5.85 Å². The molecule has 0 bridgehead atoms. The Kier molecular flexibility index (Phi) is 6.05. The molecule has 2 unspecified atom stereocenters. The van der Waals surface area contributed by atoms with Crippen LogP contribution >= 0.6 is 11.8 Å². The molecule has 204 valence electrons. The molecule has 1 amide bonds. The van der Waals surface area contributed by atoms with Crippen LogP contribution < -0.4 is 9.64 Å². The molecular formula is C35H31N3O2S. The van der Waals surface area contributed by atoms with Crippen LogP contribution in [0.5, 0.6) is 5.75 Å². The van der Waals surface area contributed by atoms with E-state index in [4.69, 9.17) is 9.84 Å². The number of benzene rings is 4. The molecule has 1 fully saturated rings. The van der Waals surface area contributed by atoms with E-state index in [1.807, 2.05) is 71.7 Å². The fourth-order valence-electron chi connectivity index (χ4n) is 5.85. The number of hydrazone groups is 1. The third-order valence-corrected chi connectivity index (χ3v) is 8.91.